The second-order valence-corrected chi connectivity index (χ2v) is 6.17. The quantitative estimate of drug-likeness (QED) is 0.830. The molecule has 2 rings (SSSR count). The first-order chi connectivity index (χ1) is 10.6. The Balaban J connectivity index is 1.92. The predicted molar refractivity (Wildman–Crippen MR) is 90.7 cm³/mol. The minimum Gasteiger partial charge on any atom is -0.387 e. The molecular weight excluding hydrogens is 292 g/mol. The van der Waals surface area contributed by atoms with Crippen LogP contribution in [0.4, 0.5) is 0 Å². The summed E-state index contributed by atoms with van der Waals surface area (Å²) < 4.78 is 0. The van der Waals surface area contributed by atoms with E-state index in [1.165, 1.54) is 10.5 Å². The lowest BCUT2D eigenvalue weighted by atomic mass is 10.1. The zero-order valence-electron chi connectivity index (χ0n) is 12.9. The average molecular weight is 312 g/mol. The second-order valence-electron chi connectivity index (χ2n) is 5.29. The highest BCUT2D eigenvalue weighted by molar-refractivity contribution is 7.98. The van der Waals surface area contributed by atoms with Crippen LogP contribution < -0.4 is 0 Å². The third-order valence-corrected chi connectivity index (χ3v) is 4.26. The van der Waals surface area contributed by atoms with Crippen LogP contribution in [0.15, 0.2) is 53.4 Å². The minimum atomic E-state index is -0.553. The maximum Gasteiger partial charge on any atom is 0.0991 e. The Morgan fingerprint density at radius 3 is 2.32 bits per heavy atom. The van der Waals surface area contributed by atoms with E-state index in [-0.39, 0.29) is 0 Å². The number of thioether (sulfide) groups is 1. The van der Waals surface area contributed by atoms with Crippen molar-refractivity contribution in [2.45, 2.75) is 17.5 Å². The SMILES string of the molecule is CSc1ccc(CN(C)CC(O)c2ccc(C#N)cc2)cc1. The molecule has 0 spiro atoms. The highest BCUT2D eigenvalue weighted by Gasteiger charge is 2.11. The first-order valence-electron chi connectivity index (χ1n) is 7.12. The van der Waals surface area contributed by atoms with Crippen LogP contribution in [0.2, 0.25) is 0 Å². The van der Waals surface area contributed by atoms with Gasteiger partial charge in [0.05, 0.1) is 17.7 Å². The molecule has 0 aliphatic rings. The fraction of sp³-hybridized carbons (Fsp3) is 0.278. The molecule has 0 fully saturated rings. The number of likely N-dealkylation sites (N-methyl/N-ethyl adjacent to an activating group) is 1. The standard InChI is InChI=1S/C18H20N2OS/c1-20(12-15-5-9-17(22-2)10-6-15)13-18(21)16-7-3-14(11-19)4-8-16/h3-10,18,21H,12-13H2,1-2H3. The molecule has 1 unspecified atom stereocenters. The summed E-state index contributed by atoms with van der Waals surface area (Å²) in [6.07, 6.45) is 1.51. The highest BCUT2D eigenvalue weighted by Crippen LogP contribution is 2.18. The predicted octanol–water partition coefficient (Wildman–Crippen LogP) is 3.45. The molecule has 0 aromatic heterocycles. The lowest BCUT2D eigenvalue weighted by Gasteiger charge is -2.21. The molecule has 22 heavy (non-hydrogen) atoms. The number of benzene rings is 2. The van der Waals surface area contributed by atoms with Gasteiger partial charge in [0.1, 0.15) is 0 Å². The summed E-state index contributed by atoms with van der Waals surface area (Å²) >= 11 is 1.73. The fourth-order valence-corrected chi connectivity index (χ4v) is 2.70. The van der Waals surface area contributed by atoms with Crippen molar-refractivity contribution >= 4 is 11.8 Å². The number of nitriles is 1. The minimum absolute atomic E-state index is 0.552. The van der Waals surface area contributed by atoms with Crippen molar-refractivity contribution in [2.75, 3.05) is 19.8 Å². The Morgan fingerprint density at radius 2 is 1.77 bits per heavy atom. The van der Waals surface area contributed by atoms with Gasteiger partial charge in [0.2, 0.25) is 0 Å². The van der Waals surface area contributed by atoms with Crippen molar-refractivity contribution in [1.82, 2.24) is 4.90 Å². The molecule has 1 N–H and O–H groups in total. The molecule has 4 heteroatoms. The summed E-state index contributed by atoms with van der Waals surface area (Å²) in [6, 6.07) is 17.6. The Bertz CT molecular complexity index is 632. The smallest absolute Gasteiger partial charge is 0.0991 e. The van der Waals surface area contributed by atoms with Gasteiger partial charge in [0.15, 0.2) is 0 Å². The normalized spacial score (nSPS) is 12.1. The van der Waals surface area contributed by atoms with Crippen LogP contribution in [0.5, 0.6) is 0 Å². The summed E-state index contributed by atoms with van der Waals surface area (Å²) in [6.45, 7) is 1.35. The Labute approximate surface area is 136 Å². The van der Waals surface area contributed by atoms with Crippen molar-refractivity contribution in [3.8, 4) is 6.07 Å². The van der Waals surface area contributed by atoms with Crippen LogP contribution >= 0.6 is 11.8 Å². The number of aliphatic hydroxyl groups is 1. The van der Waals surface area contributed by atoms with Crippen LogP contribution in [-0.4, -0.2) is 29.9 Å². The van der Waals surface area contributed by atoms with Gasteiger partial charge >= 0.3 is 0 Å². The van der Waals surface area contributed by atoms with E-state index in [1.807, 2.05) is 19.2 Å². The molecule has 2 aromatic carbocycles. The van der Waals surface area contributed by atoms with Gasteiger partial charge in [-0.15, -0.1) is 11.8 Å². The summed E-state index contributed by atoms with van der Waals surface area (Å²) in [5.74, 6) is 0. The zero-order chi connectivity index (χ0) is 15.9. The maximum atomic E-state index is 10.3. The van der Waals surface area contributed by atoms with Gasteiger partial charge in [-0.2, -0.15) is 5.26 Å². The molecule has 0 bridgehead atoms. The highest BCUT2D eigenvalue weighted by atomic mass is 32.2. The van der Waals surface area contributed by atoms with Crippen molar-refractivity contribution in [3.05, 3.63) is 65.2 Å². The van der Waals surface area contributed by atoms with E-state index in [4.69, 9.17) is 5.26 Å². The Hall–Kier alpha value is -1.80. The Kier molecular flexibility index (Phi) is 6.02. The van der Waals surface area contributed by atoms with Gasteiger partial charge in [0, 0.05) is 18.0 Å². The fourth-order valence-electron chi connectivity index (χ4n) is 2.29. The topological polar surface area (TPSA) is 47.3 Å². The van der Waals surface area contributed by atoms with Crippen LogP contribution in [-0.2, 0) is 6.54 Å². The molecule has 0 amide bonds. The lowest BCUT2D eigenvalue weighted by Crippen LogP contribution is -2.24. The monoisotopic (exact) mass is 312 g/mol. The van der Waals surface area contributed by atoms with Gasteiger partial charge in [-0.05, 0) is 48.7 Å². The molecular formula is C18H20N2OS. The summed E-state index contributed by atoms with van der Waals surface area (Å²) in [5, 5.41) is 19.1. The van der Waals surface area contributed by atoms with Crippen LogP contribution in [0, 0.1) is 11.3 Å². The van der Waals surface area contributed by atoms with Gasteiger partial charge in [0.25, 0.3) is 0 Å². The number of rotatable bonds is 6. The van der Waals surface area contributed by atoms with Crippen molar-refractivity contribution in [3.63, 3.8) is 0 Å². The molecule has 0 heterocycles. The second kappa shape index (κ2) is 8.00. The van der Waals surface area contributed by atoms with E-state index >= 15 is 0 Å². The number of nitrogens with zero attached hydrogens (tertiary/aromatic N) is 2. The third kappa shape index (κ3) is 4.60. The van der Waals surface area contributed by atoms with E-state index in [1.54, 1.807) is 23.9 Å². The van der Waals surface area contributed by atoms with Crippen LogP contribution in [0.1, 0.15) is 22.8 Å². The van der Waals surface area contributed by atoms with Crippen LogP contribution in [0.3, 0.4) is 0 Å². The first-order valence-corrected chi connectivity index (χ1v) is 8.34. The molecule has 0 aliphatic carbocycles. The molecule has 0 saturated carbocycles. The largest absolute Gasteiger partial charge is 0.387 e. The lowest BCUT2D eigenvalue weighted by molar-refractivity contribution is 0.124. The van der Waals surface area contributed by atoms with E-state index in [9.17, 15) is 5.11 Å². The van der Waals surface area contributed by atoms with Crippen molar-refractivity contribution in [1.29, 1.82) is 5.26 Å². The summed E-state index contributed by atoms with van der Waals surface area (Å²) in [7, 11) is 2.00. The molecule has 114 valence electrons. The molecule has 2 aromatic rings. The van der Waals surface area contributed by atoms with Crippen molar-refractivity contribution in [2.24, 2.45) is 0 Å². The molecule has 0 saturated heterocycles. The zero-order valence-corrected chi connectivity index (χ0v) is 13.7. The van der Waals surface area contributed by atoms with E-state index in [0.29, 0.717) is 12.1 Å². The van der Waals surface area contributed by atoms with E-state index < -0.39 is 6.10 Å². The number of hydrogen-bond donors (Lipinski definition) is 1. The van der Waals surface area contributed by atoms with Gasteiger partial charge in [-0.25, -0.2) is 0 Å². The van der Waals surface area contributed by atoms with E-state index in [0.717, 1.165) is 12.1 Å². The van der Waals surface area contributed by atoms with Crippen LogP contribution in [0.25, 0.3) is 0 Å². The first kappa shape index (κ1) is 16.6. The summed E-state index contributed by atoms with van der Waals surface area (Å²) in [4.78, 5) is 3.35. The van der Waals surface area contributed by atoms with E-state index in [2.05, 4.69) is 41.5 Å². The maximum absolute atomic E-state index is 10.3. The number of hydrogen-bond acceptors (Lipinski definition) is 4. The molecule has 1 atom stereocenters. The summed E-state index contributed by atoms with van der Waals surface area (Å²) in [5.41, 5.74) is 2.68. The average Bonchev–Trinajstić information content (AvgIpc) is 2.55. The van der Waals surface area contributed by atoms with Gasteiger partial charge in [-0.3, -0.25) is 4.90 Å². The molecule has 3 nitrogen and oxygen atoms in total. The molecule has 0 aliphatic heterocycles. The van der Waals surface area contributed by atoms with Gasteiger partial charge in [-0.1, -0.05) is 24.3 Å². The van der Waals surface area contributed by atoms with Gasteiger partial charge < -0.3 is 5.11 Å². The molecule has 0 radical (unpaired) electrons. The Morgan fingerprint density at radius 1 is 1.14 bits per heavy atom. The third-order valence-electron chi connectivity index (χ3n) is 3.52. The van der Waals surface area contributed by atoms with Crippen molar-refractivity contribution < 1.29 is 5.11 Å². The number of aliphatic hydroxyl groups excluding tert-OH is 1.